The predicted molar refractivity (Wildman–Crippen MR) is 59.8 cm³/mol. The van der Waals surface area contributed by atoms with Gasteiger partial charge in [0.25, 0.3) is 0 Å². The third kappa shape index (κ3) is 2.49. The Morgan fingerprint density at radius 1 is 1.29 bits per heavy atom. The number of anilines is 1. The van der Waals surface area contributed by atoms with Crippen LogP contribution in [-0.2, 0) is 0 Å². The van der Waals surface area contributed by atoms with E-state index in [1.165, 1.54) is 30.3 Å². The third-order valence-electron chi connectivity index (χ3n) is 2.03. The summed E-state index contributed by atoms with van der Waals surface area (Å²) in [7, 11) is 0. The number of nitrogens with zero attached hydrogens (tertiary/aromatic N) is 2. The Bertz CT molecular complexity index is 593. The lowest BCUT2D eigenvalue weighted by atomic mass is 10.3. The first-order chi connectivity index (χ1) is 8.19. The second kappa shape index (κ2) is 4.49. The van der Waals surface area contributed by atoms with Crippen molar-refractivity contribution < 1.29 is 9.13 Å². The fourth-order valence-corrected chi connectivity index (χ4v) is 1.25. The van der Waals surface area contributed by atoms with Gasteiger partial charge in [-0.05, 0) is 18.2 Å². The van der Waals surface area contributed by atoms with Gasteiger partial charge in [0.05, 0.1) is 5.69 Å². The lowest BCUT2D eigenvalue weighted by molar-refractivity contribution is 0.458. The van der Waals surface area contributed by atoms with Crippen LogP contribution in [0.25, 0.3) is 0 Å². The molecule has 0 atom stereocenters. The van der Waals surface area contributed by atoms with E-state index >= 15 is 0 Å². The van der Waals surface area contributed by atoms with E-state index in [0.717, 1.165) is 0 Å². The zero-order chi connectivity index (χ0) is 12.3. The minimum Gasteiger partial charge on any atom is -0.439 e. The lowest BCUT2D eigenvalue weighted by Crippen LogP contribution is -1.96. The van der Waals surface area contributed by atoms with Crippen molar-refractivity contribution in [3.8, 4) is 17.7 Å². The smallest absolute Gasteiger partial charge is 0.220 e. The summed E-state index contributed by atoms with van der Waals surface area (Å²) in [6.45, 7) is 0. The van der Waals surface area contributed by atoms with Gasteiger partial charge in [-0.2, -0.15) is 5.26 Å². The average molecular weight is 229 g/mol. The molecule has 0 aliphatic carbocycles. The molecular formula is C12H8FN3O. The Morgan fingerprint density at radius 3 is 2.82 bits per heavy atom. The van der Waals surface area contributed by atoms with Crippen molar-refractivity contribution in [3.05, 3.63) is 47.9 Å². The second-order valence-corrected chi connectivity index (χ2v) is 3.26. The molecule has 0 spiro atoms. The number of halogens is 1. The molecule has 4 nitrogen and oxygen atoms in total. The molecule has 0 bridgehead atoms. The van der Waals surface area contributed by atoms with E-state index in [9.17, 15) is 4.39 Å². The largest absolute Gasteiger partial charge is 0.439 e. The van der Waals surface area contributed by atoms with Crippen molar-refractivity contribution >= 4 is 5.69 Å². The normalized spacial score (nSPS) is 9.65. The molecule has 0 amide bonds. The van der Waals surface area contributed by atoms with Crippen LogP contribution in [0.2, 0.25) is 0 Å². The first kappa shape index (κ1) is 10.9. The highest BCUT2D eigenvalue weighted by atomic mass is 19.1. The molecule has 0 aliphatic rings. The summed E-state index contributed by atoms with van der Waals surface area (Å²) in [4.78, 5) is 3.88. The third-order valence-corrected chi connectivity index (χ3v) is 2.03. The van der Waals surface area contributed by atoms with Crippen LogP contribution < -0.4 is 10.5 Å². The quantitative estimate of drug-likeness (QED) is 0.858. The summed E-state index contributed by atoms with van der Waals surface area (Å²) >= 11 is 0. The van der Waals surface area contributed by atoms with Gasteiger partial charge in [-0.25, -0.2) is 9.37 Å². The van der Waals surface area contributed by atoms with Crippen molar-refractivity contribution in [2.24, 2.45) is 0 Å². The Labute approximate surface area is 97.1 Å². The van der Waals surface area contributed by atoms with Crippen LogP contribution in [0.15, 0.2) is 36.4 Å². The number of ether oxygens (including phenoxy) is 1. The van der Waals surface area contributed by atoms with Crippen LogP contribution in [0.3, 0.4) is 0 Å². The standard InChI is InChI=1S/C12H8FN3O/c13-8-2-1-3-9(6-8)17-12-5-4-10(15)11(7-14)16-12/h1-6H,15H2. The number of benzene rings is 1. The van der Waals surface area contributed by atoms with Crippen molar-refractivity contribution in [1.29, 1.82) is 5.26 Å². The van der Waals surface area contributed by atoms with Gasteiger partial charge < -0.3 is 10.5 Å². The molecule has 1 aromatic heterocycles. The SMILES string of the molecule is N#Cc1nc(Oc2cccc(F)c2)ccc1N. The number of hydrogen-bond donors (Lipinski definition) is 1. The minimum atomic E-state index is -0.404. The molecular weight excluding hydrogens is 221 g/mol. The number of nitrogens with two attached hydrogens (primary N) is 1. The topological polar surface area (TPSA) is 71.9 Å². The molecule has 2 aromatic rings. The molecule has 84 valence electrons. The molecule has 17 heavy (non-hydrogen) atoms. The summed E-state index contributed by atoms with van der Waals surface area (Å²) in [5.74, 6) is 0.103. The monoisotopic (exact) mass is 229 g/mol. The highest BCUT2D eigenvalue weighted by molar-refractivity contribution is 5.51. The molecule has 0 saturated carbocycles. The zero-order valence-electron chi connectivity index (χ0n) is 8.72. The first-order valence-corrected chi connectivity index (χ1v) is 4.79. The maximum Gasteiger partial charge on any atom is 0.220 e. The van der Waals surface area contributed by atoms with Crippen LogP contribution in [0, 0.1) is 17.1 Å². The highest BCUT2D eigenvalue weighted by Gasteiger charge is 2.04. The van der Waals surface area contributed by atoms with Gasteiger partial charge in [-0.15, -0.1) is 0 Å². The van der Waals surface area contributed by atoms with Crippen LogP contribution in [-0.4, -0.2) is 4.98 Å². The van der Waals surface area contributed by atoms with Crippen molar-refractivity contribution in [3.63, 3.8) is 0 Å². The van der Waals surface area contributed by atoms with E-state index < -0.39 is 5.82 Å². The maximum atomic E-state index is 12.9. The molecule has 5 heteroatoms. The minimum absolute atomic E-state index is 0.0823. The Morgan fingerprint density at radius 2 is 2.12 bits per heavy atom. The van der Waals surface area contributed by atoms with Crippen LogP contribution in [0.4, 0.5) is 10.1 Å². The fourth-order valence-electron chi connectivity index (χ4n) is 1.25. The van der Waals surface area contributed by atoms with Gasteiger partial charge in [0.15, 0.2) is 5.69 Å². The summed E-state index contributed by atoms with van der Waals surface area (Å²) in [6.07, 6.45) is 0. The van der Waals surface area contributed by atoms with E-state index in [4.69, 9.17) is 15.7 Å². The fraction of sp³-hybridized carbons (Fsp3) is 0. The lowest BCUT2D eigenvalue weighted by Gasteiger charge is -2.05. The molecule has 1 aromatic carbocycles. The van der Waals surface area contributed by atoms with Crippen LogP contribution in [0.5, 0.6) is 11.6 Å². The first-order valence-electron chi connectivity index (χ1n) is 4.79. The van der Waals surface area contributed by atoms with Crippen LogP contribution in [0.1, 0.15) is 5.69 Å². The number of pyridine rings is 1. The van der Waals surface area contributed by atoms with Gasteiger partial charge in [-0.3, -0.25) is 0 Å². The highest BCUT2D eigenvalue weighted by Crippen LogP contribution is 2.21. The number of hydrogen-bond acceptors (Lipinski definition) is 4. The number of aromatic nitrogens is 1. The van der Waals surface area contributed by atoms with Crippen molar-refractivity contribution in [2.45, 2.75) is 0 Å². The van der Waals surface area contributed by atoms with E-state index in [0.29, 0.717) is 5.75 Å². The van der Waals surface area contributed by atoms with E-state index in [-0.39, 0.29) is 17.3 Å². The van der Waals surface area contributed by atoms with Gasteiger partial charge in [-0.1, -0.05) is 6.07 Å². The van der Waals surface area contributed by atoms with Gasteiger partial charge in [0, 0.05) is 12.1 Å². The van der Waals surface area contributed by atoms with Gasteiger partial charge in [0.2, 0.25) is 5.88 Å². The maximum absolute atomic E-state index is 12.9. The summed E-state index contributed by atoms with van der Waals surface area (Å²) in [5, 5.41) is 8.75. The summed E-state index contributed by atoms with van der Waals surface area (Å²) < 4.78 is 18.2. The Balaban J connectivity index is 2.28. The molecule has 0 unspecified atom stereocenters. The molecule has 1 heterocycles. The number of nitriles is 1. The van der Waals surface area contributed by atoms with Gasteiger partial charge in [0.1, 0.15) is 17.6 Å². The van der Waals surface area contributed by atoms with E-state index in [1.807, 2.05) is 6.07 Å². The van der Waals surface area contributed by atoms with E-state index in [2.05, 4.69) is 4.98 Å². The predicted octanol–water partition coefficient (Wildman–Crippen LogP) is 2.47. The molecule has 0 radical (unpaired) electrons. The molecule has 0 saturated heterocycles. The summed E-state index contributed by atoms with van der Waals surface area (Å²) in [5.41, 5.74) is 5.88. The molecule has 2 rings (SSSR count). The molecule has 0 fully saturated rings. The molecule has 2 N–H and O–H groups in total. The second-order valence-electron chi connectivity index (χ2n) is 3.26. The zero-order valence-corrected chi connectivity index (χ0v) is 8.72. The average Bonchev–Trinajstić information content (AvgIpc) is 2.32. The molecule has 0 aliphatic heterocycles. The van der Waals surface area contributed by atoms with Gasteiger partial charge >= 0.3 is 0 Å². The van der Waals surface area contributed by atoms with Crippen molar-refractivity contribution in [1.82, 2.24) is 4.98 Å². The van der Waals surface area contributed by atoms with Crippen LogP contribution >= 0.6 is 0 Å². The Kier molecular flexibility index (Phi) is 2.88. The van der Waals surface area contributed by atoms with Crippen molar-refractivity contribution in [2.75, 3.05) is 5.73 Å². The number of nitrogen functional groups attached to an aromatic ring is 1. The summed E-state index contributed by atoms with van der Waals surface area (Å²) in [6, 6.07) is 10.5. The Hall–Kier alpha value is -2.61. The number of rotatable bonds is 2. The van der Waals surface area contributed by atoms with E-state index in [1.54, 1.807) is 6.07 Å².